The lowest BCUT2D eigenvalue weighted by molar-refractivity contribution is 0.0436. The minimum absolute atomic E-state index is 0.0464. The first-order valence-corrected chi connectivity index (χ1v) is 11.4. The molecule has 0 bridgehead atoms. The monoisotopic (exact) mass is 421 g/mol. The van der Waals surface area contributed by atoms with Crippen molar-refractivity contribution in [2.24, 2.45) is 29.1 Å². The molecule has 0 aliphatic heterocycles. The number of aliphatic hydroxyl groups is 2. The Morgan fingerprint density at radius 1 is 1.20 bits per heavy atom. The lowest BCUT2D eigenvalue weighted by Gasteiger charge is -2.44. The molecule has 3 aliphatic carbocycles. The van der Waals surface area contributed by atoms with Gasteiger partial charge in [0, 0.05) is 18.3 Å². The van der Waals surface area contributed by atoms with Crippen LogP contribution in [0.25, 0.3) is 0 Å². The summed E-state index contributed by atoms with van der Waals surface area (Å²) in [4.78, 5) is 0. The van der Waals surface area contributed by atoms with Crippen LogP contribution in [0.4, 0.5) is 0 Å². The van der Waals surface area contributed by atoms with Crippen molar-refractivity contribution in [2.45, 2.75) is 97.5 Å². The summed E-state index contributed by atoms with van der Waals surface area (Å²) in [5, 5.41) is 21.0. The van der Waals surface area contributed by atoms with Crippen LogP contribution in [0.1, 0.15) is 98.1 Å². The van der Waals surface area contributed by atoms with Gasteiger partial charge >= 0.3 is 0 Å². The molecule has 2 nitrogen and oxygen atoms in total. The smallest absolute Gasteiger partial charge is 0.0651 e. The molecular weight excluding hydrogens is 368 g/mol. The fourth-order valence-corrected chi connectivity index (χ4v) is 6.10. The minimum Gasteiger partial charge on any atom is -0.393 e. The van der Waals surface area contributed by atoms with Gasteiger partial charge in [0.2, 0.25) is 0 Å². The summed E-state index contributed by atoms with van der Waals surface area (Å²) < 4.78 is 70.1. The maximum atomic E-state index is 11.0. The summed E-state index contributed by atoms with van der Waals surface area (Å²) in [6.45, 7) is -1.48. The molecule has 0 aromatic heterocycles. The molecule has 0 saturated heterocycles. The van der Waals surface area contributed by atoms with Crippen LogP contribution in [0.15, 0.2) is 47.6 Å². The summed E-state index contributed by atoms with van der Waals surface area (Å²) >= 11 is 0. The summed E-state index contributed by atoms with van der Waals surface area (Å²) in [5.74, 6) is -1.68. The van der Waals surface area contributed by atoms with E-state index in [1.165, 1.54) is 5.57 Å². The highest BCUT2D eigenvalue weighted by atomic mass is 16.3. The van der Waals surface area contributed by atoms with Crippen LogP contribution in [0.2, 0.25) is 0 Å². The molecule has 0 aromatic rings. The predicted molar refractivity (Wildman–Crippen MR) is 127 cm³/mol. The molecule has 2 heteroatoms. The second kappa shape index (κ2) is 9.17. The van der Waals surface area contributed by atoms with Crippen LogP contribution in [0, 0.1) is 29.1 Å². The molecule has 0 amide bonds. The molecule has 3 saturated carbocycles. The zero-order valence-electron chi connectivity index (χ0n) is 27.5. The van der Waals surface area contributed by atoms with Crippen molar-refractivity contribution in [1.82, 2.24) is 0 Å². The fourth-order valence-electron chi connectivity index (χ4n) is 6.10. The number of aliphatic hydroxyl groups excluding tert-OH is 1. The lowest BCUT2D eigenvalue weighted by Crippen LogP contribution is -2.35. The zero-order valence-corrected chi connectivity index (χ0v) is 18.5. The molecule has 0 spiro atoms. The predicted octanol–water partition coefficient (Wildman–Crippen LogP) is 6.76. The molecule has 0 radical (unpaired) electrons. The highest BCUT2D eigenvalue weighted by Gasteiger charge is 2.50. The Hall–Kier alpha value is -1.12. The third kappa shape index (κ3) is 5.02. The van der Waals surface area contributed by atoms with Crippen molar-refractivity contribution in [3.63, 3.8) is 0 Å². The van der Waals surface area contributed by atoms with Gasteiger partial charge < -0.3 is 10.2 Å². The van der Waals surface area contributed by atoms with Gasteiger partial charge in [0.25, 0.3) is 0 Å². The maximum Gasteiger partial charge on any atom is 0.0651 e. The van der Waals surface area contributed by atoms with Crippen molar-refractivity contribution >= 4 is 0 Å². The number of rotatable bonds is 5. The first kappa shape index (κ1) is 14.1. The van der Waals surface area contributed by atoms with Crippen LogP contribution < -0.4 is 0 Å². The van der Waals surface area contributed by atoms with Gasteiger partial charge in [-0.15, -0.1) is 0 Å². The Balaban J connectivity index is 1.88. The molecule has 168 valence electrons. The average molecular weight is 422 g/mol. The Morgan fingerprint density at radius 2 is 2.00 bits per heavy atom. The van der Waals surface area contributed by atoms with Gasteiger partial charge in [0.05, 0.1) is 11.7 Å². The van der Waals surface area contributed by atoms with Crippen LogP contribution in [-0.4, -0.2) is 21.9 Å². The van der Waals surface area contributed by atoms with Crippen molar-refractivity contribution in [1.29, 1.82) is 0 Å². The van der Waals surface area contributed by atoms with E-state index in [1.54, 1.807) is 6.08 Å². The van der Waals surface area contributed by atoms with E-state index >= 15 is 0 Å². The minimum atomic E-state index is -3.42. The number of hydrogen-bond acceptors (Lipinski definition) is 2. The van der Waals surface area contributed by atoms with Crippen molar-refractivity contribution < 1.29 is 22.5 Å². The van der Waals surface area contributed by atoms with Gasteiger partial charge in [-0.1, -0.05) is 62.7 Å². The Morgan fingerprint density at radius 3 is 2.73 bits per heavy atom. The largest absolute Gasteiger partial charge is 0.393 e. The summed E-state index contributed by atoms with van der Waals surface area (Å²) in [6.07, 6.45) is 13.8. The number of allylic oxidation sites excluding steroid dienone is 5. The van der Waals surface area contributed by atoms with E-state index in [0.29, 0.717) is 12.3 Å². The summed E-state index contributed by atoms with van der Waals surface area (Å²) in [7, 11) is 0. The SMILES string of the molecule is [2H]C([2H])([2H])[C@@H](/C=C/C(C)C1CC[C@H]2/C(=C\C=C3/C[C@@H](O)CCC3=C)CCC[C@]12C)C(O)(C([2H])([2H])[2H])C([2H])([2H])[2H]. The van der Waals surface area contributed by atoms with Gasteiger partial charge in [-0.3, -0.25) is 0 Å². The molecule has 3 aliphatic rings. The lowest BCUT2D eigenvalue weighted by atomic mass is 9.61. The molecule has 0 heterocycles. The van der Waals surface area contributed by atoms with E-state index < -0.39 is 32.1 Å². The second-order valence-electron chi connectivity index (χ2n) is 10.0. The quantitative estimate of drug-likeness (QED) is 0.482. The highest BCUT2D eigenvalue weighted by Crippen LogP contribution is 2.59. The second-order valence-corrected chi connectivity index (χ2v) is 10.0. The number of hydrogen-bond donors (Lipinski definition) is 2. The fraction of sp³-hybridized carbons (Fsp3) is 0.714. The Bertz CT molecular complexity index is 988. The zero-order chi connectivity index (χ0) is 29.6. The Labute approximate surface area is 197 Å². The van der Waals surface area contributed by atoms with Crippen LogP contribution in [0.5, 0.6) is 0 Å². The molecule has 3 fully saturated rings. The number of fused-ring (bicyclic) bond motifs is 1. The topological polar surface area (TPSA) is 40.5 Å². The van der Waals surface area contributed by atoms with Crippen LogP contribution in [0.3, 0.4) is 0 Å². The first-order valence-electron chi connectivity index (χ1n) is 15.9. The van der Waals surface area contributed by atoms with Gasteiger partial charge in [-0.05, 0) is 93.8 Å². The van der Waals surface area contributed by atoms with Crippen molar-refractivity contribution in [3.8, 4) is 0 Å². The third-order valence-corrected chi connectivity index (χ3v) is 7.92. The molecule has 0 aromatic carbocycles. The van der Waals surface area contributed by atoms with E-state index in [-0.39, 0.29) is 23.4 Å². The van der Waals surface area contributed by atoms with Crippen molar-refractivity contribution in [3.05, 3.63) is 47.6 Å². The van der Waals surface area contributed by atoms with E-state index in [2.05, 4.69) is 25.7 Å². The Kier molecular flexibility index (Phi) is 4.31. The summed E-state index contributed by atoms with van der Waals surface area (Å²) in [6, 6.07) is 0. The van der Waals surface area contributed by atoms with Gasteiger partial charge in [-0.2, -0.15) is 0 Å². The molecule has 3 rings (SSSR count). The first-order chi connectivity index (χ1) is 17.7. The summed E-state index contributed by atoms with van der Waals surface area (Å²) in [5.41, 5.74) is 0.106. The van der Waals surface area contributed by atoms with E-state index in [0.717, 1.165) is 62.2 Å². The van der Waals surface area contributed by atoms with E-state index in [4.69, 9.17) is 12.3 Å². The maximum absolute atomic E-state index is 11.0. The molecule has 30 heavy (non-hydrogen) atoms. The third-order valence-electron chi connectivity index (χ3n) is 7.92. The molecular formula is C28H44O2. The molecule has 6 atom stereocenters. The molecule has 2 N–H and O–H groups in total. The average Bonchev–Trinajstić information content (AvgIpc) is 3.14. The van der Waals surface area contributed by atoms with Crippen molar-refractivity contribution in [2.75, 3.05) is 0 Å². The van der Waals surface area contributed by atoms with Gasteiger partial charge in [-0.25, -0.2) is 0 Å². The highest BCUT2D eigenvalue weighted by molar-refractivity contribution is 5.36. The van der Waals surface area contributed by atoms with Gasteiger partial charge in [0.15, 0.2) is 0 Å². The normalized spacial score (nSPS) is 43.4. The van der Waals surface area contributed by atoms with Crippen LogP contribution >= 0.6 is 0 Å². The standard InChI is InChI=1S/C28H44O2/c1-19-10-14-24(29)18-23(19)13-12-22-8-7-17-28(6)25(15-16-26(22)28)20(2)9-11-21(3)27(4,5)30/h9,11-13,20-21,24-26,29-30H,1,7-8,10,14-18H2,2-6H3/b11-9+,22-12-,23-13+/t20?,21-,24-,25?,26-,28+/m0/s1/i3D3,4D3,5D3. The van der Waals surface area contributed by atoms with E-state index in [9.17, 15) is 10.2 Å². The van der Waals surface area contributed by atoms with Crippen LogP contribution in [-0.2, 0) is 0 Å². The van der Waals surface area contributed by atoms with E-state index in [1.807, 2.05) is 6.92 Å². The van der Waals surface area contributed by atoms with Gasteiger partial charge in [0.1, 0.15) is 0 Å². The molecule has 2 unspecified atom stereocenters.